The summed E-state index contributed by atoms with van der Waals surface area (Å²) in [5, 5.41) is 0. The summed E-state index contributed by atoms with van der Waals surface area (Å²) >= 11 is 0. The molecule has 0 bridgehead atoms. The molecular weight excluding hydrogens is 284 g/mol. The lowest BCUT2D eigenvalue weighted by Gasteiger charge is -2.18. The van der Waals surface area contributed by atoms with E-state index in [-0.39, 0.29) is 11.5 Å². The van der Waals surface area contributed by atoms with E-state index < -0.39 is 0 Å². The monoisotopic (exact) mass is 302 g/mol. The zero-order valence-corrected chi connectivity index (χ0v) is 12.8. The van der Waals surface area contributed by atoms with Gasteiger partial charge >= 0.3 is 0 Å². The van der Waals surface area contributed by atoms with Crippen molar-refractivity contribution in [1.82, 2.24) is 9.88 Å². The molecule has 0 atom stereocenters. The molecule has 0 aliphatic heterocycles. The van der Waals surface area contributed by atoms with Gasteiger partial charge < -0.3 is 19.4 Å². The van der Waals surface area contributed by atoms with Gasteiger partial charge in [-0.25, -0.2) is 0 Å². The Morgan fingerprint density at radius 2 is 1.86 bits per heavy atom. The number of hydrogen-bond acceptors (Lipinski definition) is 4. The molecule has 1 amide bonds. The number of ether oxygens (including phenoxy) is 2. The summed E-state index contributed by atoms with van der Waals surface area (Å²) in [5.41, 5.74) is 1.11. The number of rotatable bonds is 5. The standard InChI is InChI=1S/C16H18N2O4/c1-18(16(20)12-5-7-15(19)17-9-12)10-11-4-6-13(21-2)14(8-11)22-3/h4-9H,10H2,1-3H3,(H,17,19). The first-order valence-electron chi connectivity index (χ1n) is 6.70. The van der Waals surface area contributed by atoms with Crippen LogP contribution in [-0.4, -0.2) is 37.1 Å². The Labute approximate surface area is 128 Å². The van der Waals surface area contributed by atoms with Crippen molar-refractivity contribution < 1.29 is 14.3 Å². The summed E-state index contributed by atoms with van der Waals surface area (Å²) in [5.74, 6) is 1.08. The van der Waals surface area contributed by atoms with Crippen LogP contribution in [0.4, 0.5) is 0 Å². The van der Waals surface area contributed by atoms with E-state index in [0.717, 1.165) is 5.56 Å². The Bertz CT molecular complexity index is 704. The van der Waals surface area contributed by atoms with Crippen molar-refractivity contribution in [1.29, 1.82) is 0 Å². The van der Waals surface area contributed by atoms with Gasteiger partial charge in [-0.2, -0.15) is 0 Å². The van der Waals surface area contributed by atoms with Gasteiger partial charge in [-0.05, 0) is 23.8 Å². The van der Waals surface area contributed by atoms with Crippen LogP contribution in [0.3, 0.4) is 0 Å². The summed E-state index contributed by atoms with van der Waals surface area (Å²) in [6.07, 6.45) is 1.41. The van der Waals surface area contributed by atoms with E-state index in [1.54, 1.807) is 32.2 Å². The highest BCUT2D eigenvalue weighted by molar-refractivity contribution is 5.93. The lowest BCUT2D eigenvalue weighted by atomic mass is 10.1. The number of hydrogen-bond donors (Lipinski definition) is 1. The molecular formula is C16H18N2O4. The van der Waals surface area contributed by atoms with Gasteiger partial charge in [0.1, 0.15) is 0 Å². The molecule has 22 heavy (non-hydrogen) atoms. The Morgan fingerprint density at radius 1 is 1.14 bits per heavy atom. The molecule has 2 aromatic rings. The van der Waals surface area contributed by atoms with Crippen molar-refractivity contribution in [3.05, 3.63) is 58.0 Å². The molecule has 116 valence electrons. The molecule has 0 aliphatic carbocycles. The van der Waals surface area contributed by atoms with Gasteiger partial charge in [0.05, 0.1) is 19.8 Å². The molecule has 2 rings (SSSR count). The van der Waals surface area contributed by atoms with E-state index in [9.17, 15) is 9.59 Å². The van der Waals surface area contributed by atoms with E-state index in [2.05, 4.69) is 4.98 Å². The number of aromatic amines is 1. The maximum Gasteiger partial charge on any atom is 0.255 e. The summed E-state index contributed by atoms with van der Waals surface area (Å²) in [4.78, 5) is 27.4. The van der Waals surface area contributed by atoms with E-state index in [0.29, 0.717) is 23.6 Å². The second-order valence-corrected chi connectivity index (χ2v) is 4.79. The second kappa shape index (κ2) is 6.80. The molecule has 0 saturated carbocycles. The van der Waals surface area contributed by atoms with E-state index >= 15 is 0 Å². The van der Waals surface area contributed by atoms with Gasteiger partial charge in [0.25, 0.3) is 5.91 Å². The Hall–Kier alpha value is -2.76. The van der Waals surface area contributed by atoms with Crippen LogP contribution in [0.25, 0.3) is 0 Å². The van der Waals surface area contributed by atoms with Crippen LogP contribution in [-0.2, 0) is 6.54 Å². The third kappa shape index (κ3) is 3.46. The minimum atomic E-state index is -0.237. The molecule has 1 aromatic carbocycles. The Kier molecular flexibility index (Phi) is 4.83. The molecule has 0 fully saturated rings. The largest absolute Gasteiger partial charge is 0.493 e. The number of benzene rings is 1. The van der Waals surface area contributed by atoms with Gasteiger partial charge in [0.15, 0.2) is 11.5 Å². The van der Waals surface area contributed by atoms with Gasteiger partial charge in [-0.3, -0.25) is 9.59 Å². The van der Waals surface area contributed by atoms with Gasteiger partial charge in [0.2, 0.25) is 5.56 Å². The van der Waals surface area contributed by atoms with Crippen LogP contribution in [0.5, 0.6) is 11.5 Å². The molecule has 0 radical (unpaired) electrons. The van der Waals surface area contributed by atoms with Crippen molar-refractivity contribution in [3.8, 4) is 11.5 Å². The van der Waals surface area contributed by atoms with Crippen molar-refractivity contribution in [2.45, 2.75) is 6.54 Å². The fourth-order valence-electron chi connectivity index (χ4n) is 2.09. The number of pyridine rings is 1. The van der Waals surface area contributed by atoms with Crippen LogP contribution in [0.1, 0.15) is 15.9 Å². The van der Waals surface area contributed by atoms with Crippen LogP contribution in [0, 0.1) is 0 Å². The maximum absolute atomic E-state index is 12.3. The fourth-order valence-corrected chi connectivity index (χ4v) is 2.09. The van der Waals surface area contributed by atoms with Crippen molar-refractivity contribution >= 4 is 5.91 Å². The number of nitrogens with zero attached hydrogens (tertiary/aromatic N) is 1. The average Bonchev–Trinajstić information content (AvgIpc) is 2.54. The van der Waals surface area contributed by atoms with E-state index in [1.807, 2.05) is 12.1 Å². The molecule has 0 spiro atoms. The number of carbonyl (C=O) groups is 1. The quantitative estimate of drug-likeness (QED) is 0.912. The molecule has 6 heteroatoms. The topological polar surface area (TPSA) is 71.6 Å². The van der Waals surface area contributed by atoms with E-state index in [4.69, 9.17) is 9.47 Å². The smallest absolute Gasteiger partial charge is 0.255 e. The molecule has 0 unspecified atom stereocenters. The van der Waals surface area contributed by atoms with Crippen molar-refractivity contribution in [3.63, 3.8) is 0 Å². The van der Waals surface area contributed by atoms with Gasteiger partial charge in [0, 0.05) is 25.9 Å². The highest BCUT2D eigenvalue weighted by Gasteiger charge is 2.13. The lowest BCUT2D eigenvalue weighted by Crippen LogP contribution is -2.26. The van der Waals surface area contributed by atoms with Gasteiger partial charge in [-0.1, -0.05) is 6.07 Å². The predicted molar refractivity (Wildman–Crippen MR) is 82.4 cm³/mol. The van der Waals surface area contributed by atoms with Crippen molar-refractivity contribution in [2.24, 2.45) is 0 Å². The fraction of sp³-hybridized carbons (Fsp3) is 0.250. The van der Waals surface area contributed by atoms with Crippen LogP contribution >= 0.6 is 0 Å². The molecule has 1 aromatic heterocycles. The summed E-state index contributed by atoms with van der Waals surface area (Å²) < 4.78 is 10.4. The number of aromatic nitrogens is 1. The normalized spacial score (nSPS) is 10.1. The number of H-pyrrole nitrogens is 1. The van der Waals surface area contributed by atoms with Crippen LogP contribution in [0.15, 0.2) is 41.3 Å². The predicted octanol–water partition coefficient (Wildman–Crippen LogP) is 1.66. The van der Waals surface area contributed by atoms with E-state index in [1.165, 1.54) is 18.3 Å². The first-order chi connectivity index (χ1) is 10.5. The molecule has 0 saturated heterocycles. The third-order valence-electron chi connectivity index (χ3n) is 3.25. The highest BCUT2D eigenvalue weighted by Crippen LogP contribution is 2.28. The average molecular weight is 302 g/mol. The Morgan fingerprint density at radius 3 is 2.45 bits per heavy atom. The first kappa shape index (κ1) is 15.6. The Balaban J connectivity index is 2.14. The molecule has 1 heterocycles. The zero-order valence-electron chi connectivity index (χ0n) is 12.8. The summed E-state index contributed by atoms with van der Waals surface area (Å²) in [6, 6.07) is 8.34. The van der Waals surface area contributed by atoms with Crippen LogP contribution in [0.2, 0.25) is 0 Å². The molecule has 6 nitrogen and oxygen atoms in total. The third-order valence-corrected chi connectivity index (χ3v) is 3.25. The van der Waals surface area contributed by atoms with Gasteiger partial charge in [-0.15, -0.1) is 0 Å². The first-order valence-corrected chi connectivity index (χ1v) is 6.70. The minimum absolute atomic E-state index is 0.175. The highest BCUT2D eigenvalue weighted by atomic mass is 16.5. The molecule has 0 aliphatic rings. The second-order valence-electron chi connectivity index (χ2n) is 4.79. The number of nitrogens with one attached hydrogen (secondary N) is 1. The maximum atomic E-state index is 12.3. The summed E-state index contributed by atoms with van der Waals surface area (Å²) in [6.45, 7) is 0.415. The lowest BCUT2D eigenvalue weighted by molar-refractivity contribution is 0.0784. The minimum Gasteiger partial charge on any atom is -0.493 e. The zero-order chi connectivity index (χ0) is 16.1. The number of methoxy groups -OCH3 is 2. The SMILES string of the molecule is COc1ccc(CN(C)C(=O)c2ccc(=O)[nH]c2)cc1OC. The number of carbonyl (C=O) groups excluding carboxylic acids is 1. The number of amides is 1. The molecule has 1 N–H and O–H groups in total. The summed E-state index contributed by atoms with van der Waals surface area (Å²) in [7, 11) is 4.84. The van der Waals surface area contributed by atoms with Crippen LogP contribution < -0.4 is 15.0 Å². The van der Waals surface area contributed by atoms with Crippen molar-refractivity contribution in [2.75, 3.05) is 21.3 Å².